The Hall–Kier alpha value is -3.49. The quantitative estimate of drug-likeness (QED) is 0.688. The highest BCUT2D eigenvalue weighted by molar-refractivity contribution is 6.02. The molecule has 0 aliphatic rings. The maximum absolute atomic E-state index is 12.1. The Balaban J connectivity index is 1.56. The van der Waals surface area contributed by atoms with Crippen molar-refractivity contribution in [1.29, 1.82) is 0 Å². The van der Waals surface area contributed by atoms with Crippen LogP contribution < -0.4 is 14.8 Å². The van der Waals surface area contributed by atoms with Crippen LogP contribution in [0.1, 0.15) is 16.1 Å². The third-order valence-corrected chi connectivity index (χ3v) is 3.29. The number of carbonyl (C=O) groups excluding carboxylic acids is 1. The molecule has 27 heavy (non-hydrogen) atoms. The molecule has 0 spiro atoms. The van der Waals surface area contributed by atoms with Gasteiger partial charge in [-0.25, -0.2) is 0 Å². The van der Waals surface area contributed by atoms with Crippen LogP contribution in [-0.4, -0.2) is 17.4 Å². The lowest BCUT2D eigenvalue weighted by Crippen LogP contribution is -2.17. The Morgan fingerprint density at radius 3 is 2.44 bits per heavy atom. The zero-order chi connectivity index (χ0) is 19.3. The Kier molecular flexibility index (Phi) is 5.30. The molecule has 0 saturated carbocycles. The maximum Gasteiger partial charge on any atom is 0.573 e. The van der Waals surface area contributed by atoms with Crippen molar-refractivity contribution in [3.8, 4) is 11.6 Å². The molecule has 0 radical (unpaired) electrons. The minimum atomic E-state index is -4.78. The average molecular weight is 378 g/mol. The van der Waals surface area contributed by atoms with Crippen molar-refractivity contribution in [3.05, 3.63) is 72.0 Å². The van der Waals surface area contributed by atoms with E-state index in [2.05, 4.69) is 15.2 Å². The third kappa shape index (κ3) is 5.50. The van der Waals surface area contributed by atoms with Crippen LogP contribution in [0.2, 0.25) is 0 Å². The van der Waals surface area contributed by atoms with E-state index in [0.717, 1.165) is 17.7 Å². The lowest BCUT2D eigenvalue weighted by Gasteiger charge is -2.09. The van der Waals surface area contributed by atoms with Gasteiger partial charge in [-0.15, -0.1) is 13.2 Å². The predicted octanol–water partition coefficient (Wildman–Crippen LogP) is 4.40. The van der Waals surface area contributed by atoms with Crippen LogP contribution in [0, 0.1) is 0 Å². The van der Waals surface area contributed by atoms with Crippen LogP contribution in [0.4, 0.5) is 18.9 Å². The molecule has 0 aliphatic carbocycles. The summed E-state index contributed by atoms with van der Waals surface area (Å²) >= 11 is 0. The van der Waals surface area contributed by atoms with E-state index in [4.69, 9.17) is 9.26 Å². The first-order valence-electron chi connectivity index (χ1n) is 7.70. The standard InChI is InChI=1S/C18H13F3N2O4/c19-18(20,21)26-14-8-6-13(7-9-14)22-17(24)15-10-16(23-27-15)25-11-12-4-2-1-3-5-12/h1-10H,11H2,(H,22,24). The van der Waals surface area contributed by atoms with Gasteiger partial charge >= 0.3 is 6.36 Å². The Morgan fingerprint density at radius 1 is 1.07 bits per heavy atom. The number of amides is 1. The molecule has 1 heterocycles. The lowest BCUT2D eigenvalue weighted by atomic mass is 10.2. The van der Waals surface area contributed by atoms with E-state index in [-0.39, 0.29) is 23.9 Å². The lowest BCUT2D eigenvalue weighted by molar-refractivity contribution is -0.274. The summed E-state index contributed by atoms with van der Waals surface area (Å²) in [5.74, 6) is -0.982. The summed E-state index contributed by atoms with van der Waals surface area (Å²) < 4.78 is 50.5. The monoisotopic (exact) mass is 378 g/mol. The van der Waals surface area contributed by atoms with E-state index in [9.17, 15) is 18.0 Å². The van der Waals surface area contributed by atoms with E-state index in [1.165, 1.54) is 18.2 Å². The van der Waals surface area contributed by atoms with E-state index < -0.39 is 18.0 Å². The molecular weight excluding hydrogens is 365 g/mol. The van der Waals surface area contributed by atoms with Crippen molar-refractivity contribution in [2.75, 3.05) is 5.32 Å². The molecule has 140 valence electrons. The topological polar surface area (TPSA) is 73.6 Å². The second-order valence-electron chi connectivity index (χ2n) is 5.33. The van der Waals surface area contributed by atoms with Gasteiger partial charge in [0.2, 0.25) is 5.76 Å². The van der Waals surface area contributed by atoms with Gasteiger partial charge in [0.1, 0.15) is 12.4 Å². The smallest absolute Gasteiger partial charge is 0.471 e. The van der Waals surface area contributed by atoms with E-state index >= 15 is 0 Å². The van der Waals surface area contributed by atoms with Crippen molar-refractivity contribution in [2.24, 2.45) is 0 Å². The van der Waals surface area contributed by atoms with Crippen LogP contribution in [0.3, 0.4) is 0 Å². The molecule has 6 nitrogen and oxygen atoms in total. The molecule has 1 amide bonds. The second-order valence-corrected chi connectivity index (χ2v) is 5.33. The van der Waals surface area contributed by atoms with Gasteiger partial charge < -0.3 is 19.3 Å². The van der Waals surface area contributed by atoms with Gasteiger partial charge in [-0.2, -0.15) is 0 Å². The van der Waals surface area contributed by atoms with Crippen LogP contribution in [-0.2, 0) is 6.61 Å². The minimum absolute atomic E-state index is 0.103. The number of hydrogen-bond donors (Lipinski definition) is 1. The number of halogens is 3. The van der Waals surface area contributed by atoms with Crippen LogP contribution in [0.25, 0.3) is 0 Å². The summed E-state index contributed by atoms with van der Waals surface area (Å²) in [6, 6.07) is 15.4. The number of aromatic nitrogens is 1. The van der Waals surface area contributed by atoms with Gasteiger partial charge in [-0.05, 0) is 35.0 Å². The Morgan fingerprint density at radius 2 is 1.78 bits per heavy atom. The summed E-state index contributed by atoms with van der Waals surface area (Å²) in [5.41, 5.74) is 1.19. The molecular formula is C18H13F3N2O4. The van der Waals surface area contributed by atoms with Crippen LogP contribution in [0.5, 0.6) is 11.6 Å². The molecule has 0 atom stereocenters. The molecule has 2 aromatic carbocycles. The zero-order valence-corrected chi connectivity index (χ0v) is 13.7. The fourth-order valence-corrected chi connectivity index (χ4v) is 2.10. The summed E-state index contributed by atoms with van der Waals surface area (Å²) in [5, 5.41) is 6.12. The normalized spacial score (nSPS) is 11.1. The molecule has 3 aromatic rings. The van der Waals surface area contributed by atoms with Crippen molar-refractivity contribution in [2.45, 2.75) is 13.0 Å². The number of alkyl halides is 3. The molecule has 1 N–H and O–H groups in total. The van der Waals surface area contributed by atoms with Gasteiger partial charge in [0, 0.05) is 5.69 Å². The van der Waals surface area contributed by atoms with Gasteiger partial charge in [0.15, 0.2) is 0 Å². The van der Waals surface area contributed by atoms with Gasteiger partial charge in [0.25, 0.3) is 11.8 Å². The minimum Gasteiger partial charge on any atom is -0.471 e. The third-order valence-electron chi connectivity index (χ3n) is 3.29. The second kappa shape index (κ2) is 7.81. The van der Waals surface area contributed by atoms with Crippen LogP contribution in [0.15, 0.2) is 65.2 Å². The summed E-state index contributed by atoms with van der Waals surface area (Å²) in [6.07, 6.45) is -4.78. The SMILES string of the molecule is O=C(Nc1ccc(OC(F)(F)F)cc1)c1cc(OCc2ccccc2)no1. The van der Waals surface area contributed by atoms with Crippen molar-refractivity contribution < 1.29 is 32.0 Å². The molecule has 0 unspecified atom stereocenters. The van der Waals surface area contributed by atoms with Gasteiger partial charge in [0.05, 0.1) is 6.07 Å². The number of nitrogens with zero attached hydrogens (tertiary/aromatic N) is 1. The molecule has 9 heteroatoms. The first kappa shape index (κ1) is 18.3. The summed E-state index contributed by atoms with van der Waals surface area (Å²) in [4.78, 5) is 12.1. The molecule has 3 rings (SSSR count). The predicted molar refractivity (Wildman–Crippen MR) is 88.4 cm³/mol. The first-order valence-corrected chi connectivity index (χ1v) is 7.70. The van der Waals surface area contributed by atoms with E-state index in [1.54, 1.807) is 0 Å². The highest BCUT2D eigenvalue weighted by Gasteiger charge is 2.31. The number of hydrogen-bond acceptors (Lipinski definition) is 5. The summed E-state index contributed by atoms with van der Waals surface area (Å²) in [7, 11) is 0. The van der Waals surface area contributed by atoms with Crippen molar-refractivity contribution in [1.82, 2.24) is 5.16 Å². The van der Waals surface area contributed by atoms with E-state index in [0.29, 0.717) is 0 Å². The molecule has 0 fully saturated rings. The van der Waals surface area contributed by atoms with E-state index in [1.807, 2.05) is 30.3 Å². The van der Waals surface area contributed by atoms with Gasteiger partial charge in [-0.3, -0.25) is 4.79 Å². The zero-order valence-electron chi connectivity index (χ0n) is 13.7. The Labute approximate surface area is 151 Å². The Bertz CT molecular complexity index is 893. The van der Waals surface area contributed by atoms with Gasteiger partial charge in [-0.1, -0.05) is 30.3 Å². The average Bonchev–Trinajstić information content (AvgIpc) is 3.10. The molecule has 0 aliphatic heterocycles. The summed E-state index contributed by atoms with van der Waals surface area (Å²) in [6.45, 7) is 0.259. The highest BCUT2D eigenvalue weighted by atomic mass is 19.4. The number of benzene rings is 2. The van der Waals surface area contributed by atoms with Crippen molar-refractivity contribution >= 4 is 11.6 Å². The van der Waals surface area contributed by atoms with Crippen LogP contribution >= 0.6 is 0 Å². The highest BCUT2D eigenvalue weighted by Crippen LogP contribution is 2.24. The number of carbonyl (C=O) groups is 1. The first-order chi connectivity index (χ1) is 12.9. The molecule has 1 aromatic heterocycles. The van der Waals surface area contributed by atoms with Crippen molar-refractivity contribution in [3.63, 3.8) is 0 Å². The molecule has 0 bridgehead atoms. The maximum atomic E-state index is 12.1. The number of nitrogens with one attached hydrogen (secondary N) is 1. The number of ether oxygens (including phenoxy) is 2. The number of anilines is 1. The number of rotatable bonds is 6. The fourth-order valence-electron chi connectivity index (χ4n) is 2.10. The molecule has 0 saturated heterocycles. The largest absolute Gasteiger partial charge is 0.573 e. The fraction of sp³-hybridized carbons (Fsp3) is 0.111.